The van der Waals surface area contributed by atoms with Gasteiger partial charge in [-0.05, 0) is 109 Å². The fourth-order valence-corrected chi connectivity index (χ4v) is 14.0. The van der Waals surface area contributed by atoms with Crippen molar-refractivity contribution in [1.29, 1.82) is 5.26 Å². The lowest BCUT2D eigenvalue weighted by Crippen LogP contribution is -2.33. The van der Waals surface area contributed by atoms with Gasteiger partial charge in [0.1, 0.15) is 11.5 Å². The van der Waals surface area contributed by atoms with Gasteiger partial charge in [0.05, 0.1) is 103 Å². The lowest BCUT2D eigenvalue weighted by Gasteiger charge is -2.40. The zero-order valence-electron chi connectivity index (χ0n) is 44.0. The van der Waals surface area contributed by atoms with Crippen LogP contribution in [0.1, 0.15) is 27.8 Å². The van der Waals surface area contributed by atoms with Crippen molar-refractivity contribution in [3.05, 3.63) is 282 Å². The number of hydrogen-bond donors (Lipinski definition) is 0. The topological polar surface area (TPSA) is 90.4 Å². The molecule has 1 unspecified atom stereocenters. The Labute approximate surface area is 474 Å². The molecule has 1 spiro atoms. The molecule has 7 heterocycles. The van der Waals surface area contributed by atoms with E-state index < -0.39 is 5.41 Å². The van der Waals surface area contributed by atoms with E-state index in [0.717, 1.165) is 145 Å². The van der Waals surface area contributed by atoms with Gasteiger partial charge in [0, 0.05) is 72.7 Å². The van der Waals surface area contributed by atoms with E-state index in [9.17, 15) is 5.26 Å². The first-order chi connectivity index (χ1) is 41.0. The summed E-state index contributed by atoms with van der Waals surface area (Å²) in [5.41, 5.74) is 16.9. The molecular weight excluding hydrogens is 1020 g/mol. The van der Waals surface area contributed by atoms with Crippen LogP contribution in [0.5, 0.6) is 23.0 Å². The summed E-state index contributed by atoms with van der Waals surface area (Å²) in [6.45, 7) is 7.93. The molecule has 0 N–H and O–H groups in total. The molecule has 18 rings (SSSR count). The van der Waals surface area contributed by atoms with Crippen LogP contribution < -0.4 is 14.4 Å². The summed E-state index contributed by atoms with van der Waals surface area (Å²) in [5, 5.41) is 16.5. The van der Waals surface area contributed by atoms with E-state index in [-0.39, 0.29) is 0 Å². The maximum atomic E-state index is 10.1. The Balaban J connectivity index is 0.957. The highest BCUT2D eigenvalue weighted by molar-refractivity contribution is 6.12. The summed E-state index contributed by atoms with van der Waals surface area (Å²) in [6.07, 6.45) is 3.97. The van der Waals surface area contributed by atoms with Crippen LogP contribution in [0.3, 0.4) is 0 Å². The SMILES string of the molecule is [C-]#[N+]c1ccc2c(c1)c1ccccc1n2-c1ccc2c(c1)Oc1cc(-n3c4ccccc4c4cc(C#N)ccc43)ccc1C21c2cc(N3c4ccccc4Oc4ccccc43)cnc2-c2ncc(-n3c4ccccc4c4ccccc43)cc21. The molecule has 10 heteroatoms. The maximum Gasteiger partial charge on any atom is 0.188 e. The zero-order valence-corrected chi connectivity index (χ0v) is 44.0. The molecule has 1 atom stereocenters. The van der Waals surface area contributed by atoms with Gasteiger partial charge in [-0.2, -0.15) is 5.26 Å². The fourth-order valence-electron chi connectivity index (χ4n) is 14.0. The van der Waals surface area contributed by atoms with Gasteiger partial charge in [0.2, 0.25) is 0 Å². The number of ether oxygens (including phenoxy) is 2. The lowest BCUT2D eigenvalue weighted by molar-refractivity contribution is 0.436. The molecule has 3 aliphatic rings. The van der Waals surface area contributed by atoms with E-state index in [4.69, 9.17) is 26.0 Å². The second-order valence-corrected chi connectivity index (χ2v) is 21.5. The summed E-state index contributed by atoms with van der Waals surface area (Å²) in [4.78, 5) is 17.2. The maximum absolute atomic E-state index is 10.1. The minimum absolute atomic E-state index is 0.585. The standard InChI is InChI=1S/C73H40N8O2/c1-75-44-27-33-64-54(35-44)52-17-5-9-21-62(52)79(64)46-29-31-56-70(39-46)83-69-38-45(78-61-20-8-4-16-51(61)53-34-43(40-74)26-32-63(53)78)28-30-55(69)73(56)57-36-47(80-59-18-6-2-14-49(59)50-15-3-7-19-60(50)80)41-76-71(57)72-58(73)37-48(42-77-72)81-65-22-10-12-24-67(65)82-68-25-13-11-23-66(68)81/h2-39,41-42H. The van der Waals surface area contributed by atoms with Gasteiger partial charge in [-0.15, -0.1) is 0 Å². The van der Waals surface area contributed by atoms with Crippen LogP contribution in [0.25, 0.3) is 98.7 Å². The van der Waals surface area contributed by atoms with Crippen molar-refractivity contribution in [2.45, 2.75) is 5.41 Å². The van der Waals surface area contributed by atoms with Gasteiger partial charge in [-0.3, -0.25) is 9.97 Å². The largest absolute Gasteiger partial charge is 0.457 e. The number of aromatic nitrogens is 5. The number of hydrogen-bond acceptors (Lipinski definition) is 6. The van der Waals surface area contributed by atoms with Crippen LogP contribution in [0, 0.1) is 17.9 Å². The zero-order chi connectivity index (χ0) is 54.7. The molecule has 384 valence electrons. The molecule has 10 nitrogen and oxygen atoms in total. The van der Waals surface area contributed by atoms with Gasteiger partial charge in [-0.25, -0.2) is 4.85 Å². The molecular formula is C73H40N8O2. The second-order valence-electron chi connectivity index (χ2n) is 21.5. The predicted molar refractivity (Wildman–Crippen MR) is 328 cm³/mol. The number of nitrogens with zero attached hydrogens (tertiary/aromatic N) is 8. The number of anilines is 3. The van der Waals surface area contributed by atoms with Crippen LogP contribution in [0.2, 0.25) is 0 Å². The summed E-state index contributed by atoms with van der Waals surface area (Å²) in [7, 11) is 0. The highest BCUT2D eigenvalue weighted by Crippen LogP contribution is 2.63. The van der Waals surface area contributed by atoms with Crippen molar-refractivity contribution in [3.8, 4) is 57.5 Å². The Bertz CT molecular complexity index is 5200. The van der Waals surface area contributed by atoms with Crippen LogP contribution in [-0.2, 0) is 5.41 Å². The molecule has 0 radical (unpaired) electrons. The van der Waals surface area contributed by atoms with Crippen molar-refractivity contribution in [2.75, 3.05) is 4.90 Å². The predicted octanol–water partition coefficient (Wildman–Crippen LogP) is 18.2. The minimum atomic E-state index is -1.07. The van der Waals surface area contributed by atoms with E-state index in [1.165, 1.54) is 0 Å². The Morgan fingerprint density at radius 1 is 0.386 bits per heavy atom. The lowest BCUT2D eigenvalue weighted by atomic mass is 9.66. The Morgan fingerprint density at radius 2 is 0.819 bits per heavy atom. The number of fused-ring (bicyclic) bond motifs is 20. The van der Waals surface area contributed by atoms with Gasteiger partial charge in [-0.1, -0.05) is 115 Å². The molecule has 0 fully saturated rings. The first-order valence-electron chi connectivity index (χ1n) is 27.5. The van der Waals surface area contributed by atoms with Gasteiger partial charge in [0.25, 0.3) is 0 Å². The van der Waals surface area contributed by atoms with Crippen molar-refractivity contribution in [3.63, 3.8) is 0 Å². The van der Waals surface area contributed by atoms with Crippen molar-refractivity contribution in [2.24, 2.45) is 0 Å². The summed E-state index contributed by atoms with van der Waals surface area (Å²) in [6, 6.07) is 82.4. The van der Waals surface area contributed by atoms with E-state index >= 15 is 0 Å². The monoisotopic (exact) mass is 1060 g/mol. The summed E-state index contributed by atoms with van der Waals surface area (Å²) < 4.78 is 21.0. The molecule has 0 bridgehead atoms. The molecule has 2 aliphatic heterocycles. The molecule has 0 saturated carbocycles. The van der Waals surface area contributed by atoms with Gasteiger partial charge < -0.3 is 28.1 Å². The third kappa shape index (κ3) is 6.07. The average molecular weight is 1060 g/mol. The Kier molecular flexibility index (Phi) is 9.07. The number of pyridine rings is 2. The number of rotatable bonds is 4. The summed E-state index contributed by atoms with van der Waals surface area (Å²) in [5.74, 6) is 2.83. The first kappa shape index (κ1) is 45.2. The second kappa shape index (κ2) is 16.7. The van der Waals surface area contributed by atoms with Crippen molar-refractivity contribution < 1.29 is 9.47 Å². The number of para-hydroxylation sites is 8. The third-order valence-corrected chi connectivity index (χ3v) is 17.4. The molecule has 5 aromatic heterocycles. The number of benzene rings is 10. The molecule has 15 aromatic rings. The summed E-state index contributed by atoms with van der Waals surface area (Å²) >= 11 is 0. The fraction of sp³-hybridized carbons (Fsp3) is 0.0137. The van der Waals surface area contributed by atoms with E-state index in [1.807, 2.05) is 85.2 Å². The normalized spacial score (nSPS) is 14.5. The minimum Gasteiger partial charge on any atom is -0.457 e. The highest BCUT2D eigenvalue weighted by atomic mass is 16.5. The first-order valence-corrected chi connectivity index (χ1v) is 27.5. The van der Waals surface area contributed by atoms with Crippen molar-refractivity contribution >= 4 is 88.2 Å². The van der Waals surface area contributed by atoms with E-state index in [2.05, 4.69) is 187 Å². The van der Waals surface area contributed by atoms with Gasteiger partial charge in [0.15, 0.2) is 17.2 Å². The Morgan fingerprint density at radius 3 is 1.36 bits per heavy atom. The highest BCUT2D eigenvalue weighted by Gasteiger charge is 2.53. The molecule has 0 saturated heterocycles. The van der Waals surface area contributed by atoms with Crippen LogP contribution in [-0.4, -0.2) is 23.7 Å². The third-order valence-electron chi connectivity index (χ3n) is 17.4. The average Bonchev–Trinajstić information content (AvgIpc) is 2.65. The van der Waals surface area contributed by atoms with E-state index in [1.54, 1.807) is 0 Å². The van der Waals surface area contributed by atoms with Crippen LogP contribution >= 0.6 is 0 Å². The van der Waals surface area contributed by atoms with Gasteiger partial charge >= 0.3 is 0 Å². The molecule has 0 amide bonds. The molecule has 1 aliphatic carbocycles. The smallest absolute Gasteiger partial charge is 0.188 e. The molecule has 83 heavy (non-hydrogen) atoms. The Hall–Kier alpha value is -11.7. The quantitative estimate of drug-likeness (QED) is 0.163. The van der Waals surface area contributed by atoms with Crippen LogP contribution in [0.15, 0.2) is 243 Å². The van der Waals surface area contributed by atoms with Crippen molar-refractivity contribution in [1.82, 2.24) is 23.7 Å². The number of nitriles is 1. The molecule has 10 aromatic carbocycles. The van der Waals surface area contributed by atoms with Crippen LogP contribution in [0.4, 0.5) is 22.7 Å². The van der Waals surface area contributed by atoms with E-state index in [0.29, 0.717) is 22.7 Å².